The summed E-state index contributed by atoms with van der Waals surface area (Å²) in [4.78, 5) is 12.8. The molecule has 1 amide bonds. The smallest absolute Gasteiger partial charge is 0.349 e. The van der Waals surface area contributed by atoms with Crippen LogP contribution in [-0.2, 0) is 4.79 Å². The number of alkyl halides is 4. The minimum atomic E-state index is -4.60. The first-order valence-corrected chi connectivity index (χ1v) is 5.58. The van der Waals surface area contributed by atoms with Gasteiger partial charge in [-0.2, -0.15) is 8.78 Å². The predicted octanol–water partition coefficient (Wildman–Crippen LogP) is 1.49. The molecule has 0 aromatic heterocycles. The average molecular weight is 256 g/mol. The zero-order valence-electron chi connectivity index (χ0n) is 9.56. The van der Waals surface area contributed by atoms with Crippen molar-refractivity contribution in [2.75, 3.05) is 19.6 Å². The standard InChI is InChI=1S/C10H16F4N2O/c1-2-16(7-3-4-7)6-5-15-9(17)10(13,14)8(11)12/h7-8H,2-6H2,1H3,(H,15,17). The Bertz CT molecular complexity index is 269. The van der Waals surface area contributed by atoms with Crippen LogP contribution in [-0.4, -0.2) is 48.8 Å². The molecule has 0 aromatic rings. The zero-order chi connectivity index (χ0) is 13.1. The van der Waals surface area contributed by atoms with Gasteiger partial charge in [-0.1, -0.05) is 6.92 Å². The van der Waals surface area contributed by atoms with Crippen molar-refractivity contribution in [3.05, 3.63) is 0 Å². The van der Waals surface area contributed by atoms with Crippen LogP contribution in [0, 0.1) is 0 Å². The lowest BCUT2D eigenvalue weighted by molar-refractivity contribution is -0.169. The van der Waals surface area contributed by atoms with E-state index >= 15 is 0 Å². The molecule has 0 atom stereocenters. The average Bonchev–Trinajstić information content (AvgIpc) is 3.07. The van der Waals surface area contributed by atoms with E-state index in [0.717, 1.165) is 19.4 Å². The molecular weight excluding hydrogens is 240 g/mol. The van der Waals surface area contributed by atoms with Crippen molar-refractivity contribution in [1.82, 2.24) is 10.2 Å². The number of carbonyl (C=O) groups excluding carboxylic acids is 1. The molecule has 0 saturated heterocycles. The van der Waals surface area contributed by atoms with E-state index < -0.39 is 18.3 Å². The molecule has 0 spiro atoms. The Morgan fingerprint density at radius 3 is 2.47 bits per heavy atom. The maximum atomic E-state index is 12.5. The summed E-state index contributed by atoms with van der Waals surface area (Å²) in [6, 6.07) is 0.451. The SMILES string of the molecule is CCN(CCNC(=O)C(F)(F)C(F)F)C1CC1. The van der Waals surface area contributed by atoms with Gasteiger partial charge in [0.2, 0.25) is 0 Å². The lowest BCUT2D eigenvalue weighted by Crippen LogP contribution is -2.47. The molecule has 1 aliphatic carbocycles. The highest BCUT2D eigenvalue weighted by Gasteiger charge is 2.48. The highest BCUT2D eigenvalue weighted by molar-refractivity contribution is 5.83. The summed E-state index contributed by atoms with van der Waals surface area (Å²) in [6.45, 7) is 3.05. The first kappa shape index (κ1) is 14.2. The van der Waals surface area contributed by atoms with Gasteiger partial charge in [0.25, 0.3) is 5.91 Å². The normalized spacial score (nSPS) is 16.6. The molecule has 17 heavy (non-hydrogen) atoms. The van der Waals surface area contributed by atoms with Gasteiger partial charge in [0.15, 0.2) is 0 Å². The van der Waals surface area contributed by atoms with E-state index in [4.69, 9.17) is 0 Å². The molecule has 0 heterocycles. The first-order chi connectivity index (χ1) is 7.89. The van der Waals surface area contributed by atoms with E-state index in [1.807, 2.05) is 17.1 Å². The van der Waals surface area contributed by atoms with E-state index in [1.54, 1.807) is 0 Å². The van der Waals surface area contributed by atoms with E-state index in [-0.39, 0.29) is 6.54 Å². The Morgan fingerprint density at radius 2 is 2.06 bits per heavy atom. The van der Waals surface area contributed by atoms with E-state index in [2.05, 4.69) is 0 Å². The Labute approximate surface area is 97.2 Å². The third-order valence-corrected chi connectivity index (χ3v) is 2.73. The summed E-state index contributed by atoms with van der Waals surface area (Å²) in [5, 5.41) is 1.84. The van der Waals surface area contributed by atoms with Gasteiger partial charge in [-0.25, -0.2) is 8.78 Å². The van der Waals surface area contributed by atoms with Crippen LogP contribution in [0.5, 0.6) is 0 Å². The summed E-state index contributed by atoms with van der Waals surface area (Å²) < 4.78 is 48.7. The van der Waals surface area contributed by atoms with Crippen molar-refractivity contribution in [2.24, 2.45) is 0 Å². The van der Waals surface area contributed by atoms with Gasteiger partial charge in [-0.3, -0.25) is 9.69 Å². The van der Waals surface area contributed by atoms with Gasteiger partial charge in [0.05, 0.1) is 0 Å². The number of amides is 1. The topological polar surface area (TPSA) is 32.3 Å². The van der Waals surface area contributed by atoms with Crippen LogP contribution >= 0.6 is 0 Å². The Balaban J connectivity index is 2.28. The van der Waals surface area contributed by atoms with Crippen LogP contribution in [0.15, 0.2) is 0 Å². The molecule has 1 fully saturated rings. The molecule has 7 heteroatoms. The molecule has 1 aliphatic rings. The molecule has 0 aromatic carbocycles. The fourth-order valence-corrected chi connectivity index (χ4v) is 1.57. The molecule has 1 rings (SSSR count). The fraction of sp³-hybridized carbons (Fsp3) is 0.900. The molecular formula is C10H16F4N2O. The Hall–Kier alpha value is -0.850. The monoisotopic (exact) mass is 256 g/mol. The third-order valence-electron chi connectivity index (χ3n) is 2.73. The van der Waals surface area contributed by atoms with Gasteiger partial charge in [-0.15, -0.1) is 0 Å². The Morgan fingerprint density at radius 1 is 1.47 bits per heavy atom. The van der Waals surface area contributed by atoms with Crippen LogP contribution in [0.2, 0.25) is 0 Å². The van der Waals surface area contributed by atoms with Crippen LogP contribution in [0.4, 0.5) is 17.6 Å². The van der Waals surface area contributed by atoms with Crippen molar-refractivity contribution in [1.29, 1.82) is 0 Å². The number of hydrogen-bond donors (Lipinski definition) is 1. The second-order valence-electron chi connectivity index (χ2n) is 4.04. The molecule has 0 radical (unpaired) electrons. The summed E-state index contributed by atoms with van der Waals surface area (Å²) in [5.41, 5.74) is 0. The first-order valence-electron chi connectivity index (χ1n) is 5.58. The number of likely N-dealkylation sites (N-methyl/N-ethyl adjacent to an activating group) is 1. The van der Waals surface area contributed by atoms with E-state index in [1.165, 1.54) is 0 Å². The summed E-state index contributed by atoms with van der Waals surface area (Å²) in [5.74, 6) is -6.50. The van der Waals surface area contributed by atoms with Gasteiger partial charge >= 0.3 is 12.3 Å². The summed E-state index contributed by atoms with van der Waals surface area (Å²) in [7, 11) is 0. The largest absolute Gasteiger partial charge is 0.383 e. The molecule has 100 valence electrons. The Kier molecular flexibility index (Phi) is 4.73. The van der Waals surface area contributed by atoms with Crippen molar-refractivity contribution in [3.63, 3.8) is 0 Å². The van der Waals surface area contributed by atoms with Crippen molar-refractivity contribution >= 4 is 5.91 Å². The van der Waals surface area contributed by atoms with Crippen LogP contribution in [0.1, 0.15) is 19.8 Å². The number of rotatable bonds is 7. The molecule has 0 unspecified atom stereocenters. The fourth-order valence-electron chi connectivity index (χ4n) is 1.57. The van der Waals surface area contributed by atoms with Crippen molar-refractivity contribution in [3.8, 4) is 0 Å². The zero-order valence-corrected chi connectivity index (χ0v) is 9.56. The van der Waals surface area contributed by atoms with Crippen LogP contribution in [0.25, 0.3) is 0 Å². The maximum Gasteiger partial charge on any atom is 0.383 e. The van der Waals surface area contributed by atoms with E-state index in [0.29, 0.717) is 12.6 Å². The second kappa shape index (κ2) is 5.66. The maximum absolute atomic E-state index is 12.5. The van der Waals surface area contributed by atoms with Crippen molar-refractivity contribution < 1.29 is 22.4 Å². The number of nitrogens with zero attached hydrogens (tertiary/aromatic N) is 1. The number of nitrogens with one attached hydrogen (secondary N) is 1. The predicted molar refractivity (Wildman–Crippen MR) is 54.2 cm³/mol. The van der Waals surface area contributed by atoms with Crippen molar-refractivity contribution in [2.45, 2.75) is 38.2 Å². The van der Waals surface area contributed by atoms with Gasteiger partial charge in [-0.05, 0) is 19.4 Å². The highest BCUT2D eigenvalue weighted by atomic mass is 19.3. The van der Waals surface area contributed by atoms with Gasteiger partial charge in [0, 0.05) is 19.1 Å². The van der Waals surface area contributed by atoms with Crippen LogP contribution in [0.3, 0.4) is 0 Å². The minimum Gasteiger partial charge on any atom is -0.349 e. The quantitative estimate of drug-likeness (QED) is 0.700. The lowest BCUT2D eigenvalue weighted by Gasteiger charge is -2.21. The molecule has 0 bridgehead atoms. The molecule has 0 aliphatic heterocycles. The second-order valence-corrected chi connectivity index (χ2v) is 4.04. The number of hydrogen-bond acceptors (Lipinski definition) is 2. The number of carbonyl (C=O) groups is 1. The number of halogens is 4. The minimum absolute atomic E-state index is 0.0362. The lowest BCUT2D eigenvalue weighted by atomic mass is 10.3. The third kappa shape index (κ3) is 3.83. The molecule has 1 saturated carbocycles. The van der Waals surface area contributed by atoms with Gasteiger partial charge < -0.3 is 5.32 Å². The molecule has 1 N–H and O–H groups in total. The van der Waals surface area contributed by atoms with Gasteiger partial charge in [0.1, 0.15) is 0 Å². The molecule has 3 nitrogen and oxygen atoms in total. The summed E-state index contributed by atoms with van der Waals surface area (Å²) >= 11 is 0. The van der Waals surface area contributed by atoms with Crippen LogP contribution < -0.4 is 5.32 Å². The van der Waals surface area contributed by atoms with E-state index in [9.17, 15) is 22.4 Å². The highest BCUT2D eigenvalue weighted by Crippen LogP contribution is 2.26. The summed E-state index contributed by atoms with van der Waals surface area (Å²) in [6.07, 6.45) is -1.84.